The van der Waals surface area contributed by atoms with Crippen molar-refractivity contribution in [2.24, 2.45) is 5.73 Å². The quantitative estimate of drug-likeness (QED) is 0.575. The van der Waals surface area contributed by atoms with Gasteiger partial charge in [0.2, 0.25) is 0 Å². The minimum absolute atomic E-state index is 1.17. The van der Waals surface area contributed by atoms with E-state index in [0.717, 1.165) is 0 Å². The third kappa shape index (κ3) is 5.15. The Balaban J connectivity index is 3.55. The lowest BCUT2D eigenvalue weighted by Crippen LogP contribution is -1.76. The second-order valence-electron chi connectivity index (χ2n) is 2.15. The van der Waals surface area contributed by atoms with Crippen LogP contribution >= 0.6 is 0 Å². The van der Waals surface area contributed by atoms with Crippen LogP contribution in [0.1, 0.15) is 26.7 Å². The average molecular weight is 125 g/mol. The Kier molecular flexibility index (Phi) is 4.98. The number of allylic oxidation sites excluding steroid dienone is 3. The number of hydrogen-bond acceptors (Lipinski definition) is 1. The summed E-state index contributed by atoms with van der Waals surface area (Å²) in [7, 11) is 0. The van der Waals surface area contributed by atoms with Crippen LogP contribution in [0, 0.1) is 0 Å². The van der Waals surface area contributed by atoms with Gasteiger partial charge in [-0.1, -0.05) is 25.0 Å². The lowest BCUT2D eigenvalue weighted by molar-refractivity contribution is 0.905. The lowest BCUT2D eigenvalue weighted by Gasteiger charge is -1.92. The first-order valence-electron chi connectivity index (χ1n) is 3.35. The van der Waals surface area contributed by atoms with Crippen LogP contribution < -0.4 is 5.73 Å². The van der Waals surface area contributed by atoms with Gasteiger partial charge in [-0.2, -0.15) is 0 Å². The van der Waals surface area contributed by atoms with E-state index < -0.39 is 0 Å². The zero-order chi connectivity index (χ0) is 7.11. The molecule has 0 aliphatic rings. The van der Waals surface area contributed by atoms with Crippen molar-refractivity contribution in [3.05, 3.63) is 23.9 Å². The molecule has 0 atom stereocenters. The molecule has 1 heteroatoms. The Labute approximate surface area is 57.3 Å². The number of hydrogen-bond donors (Lipinski definition) is 1. The number of nitrogens with two attached hydrogens (primary N) is 1. The van der Waals surface area contributed by atoms with E-state index in [2.05, 4.69) is 13.8 Å². The largest absolute Gasteiger partial charge is 0.405 e. The predicted molar refractivity (Wildman–Crippen MR) is 42.0 cm³/mol. The van der Waals surface area contributed by atoms with Crippen molar-refractivity contribution in [1.29, 1.82) is 0 Å². The van der Waals surface area contributed by atoms with E-state index in [4.69, 9.17) is 5.73 Å². The molecule has 0 heterocycles. The van der Waals surface area contributed by atoms with Crippen molar-refractivity contribution in [2.75, 3.05) is 0 Å². The molecular formula is C8H15N. The van der Waals surface area contributed by atoms with E-state index in [1.54, 1.807) is 6.20 Å². The Morgan fingerprint density at radius 2 is 2.22 bits per heavy atom. The van der Waals surface area contributed by atoms with E-state index in [0.29, 0.717) is 0 Å². The highest BCUT2D eigenvalue weighted by Gasteiger charge is 1.81. The van der Waals surface area contributed by atoms with Gasteiger partial charge in [-0.3, -0.25) is 0 Å². The van der Waals surface area contributed by atoms with E-state index in [1.807, 2.05) is 12.2 Å². The monoisotopic (exact) mass is 125 g/mol. The van der Waals surface area contributed by atoms with Crippen LogP contribution in [0.15, 0.2) is 23.9 Å². The van der Waals surface area contributed by atoms with Crippen molar-refractivity contribution in [1.82, 2.24) is 0 Å². The zero-order valence-electron chi connectivity index (χ0n) is 6.22. The second-order valence-corrected chi connectivity index (χ2v) is 2.15. The molecular weight excluding hydrogens is 110 g/mol. The summed E-state index contributed by atoms with van der Waals surface area (Å²) in [5, 5.41) is 0. The Morgan fingerprint density at radius 1 is 1.56 bits per heavy atom. The molecule has 0 aromatic heterocycles. The molecule has 0 aromatic rings. The van der Waals surface area contributed by atoms with Gasteiger partial charge in [0.15, 0.2) is 0 Å². The van der Waals surface area contributed by atoms with Gasteiger partial charge in [-0.15, -0.1) is 0 Å². The smallest absolute Gasteiger partial charge is 0.00624 e. The molecule has 0 rings (SSSR count). The third-order valence-electron chi connectivity index (χ3n) is 1.14. The average Bonchev–Trinajstić information content (AvgIpc) is 1.85. The van der Waals surface area contributed by atoms with E-state index >= 15 is 0 Å². The van der Waals surface area contributed by atoms with Gasteiger partial charge in [-0.05, 0) is 25.6 Å². The molecule has 0 radical (unpaired) electrons. The van der Waals surface area contributed by atoms with E-state index in [9.17, 15) is 0 Å². The molecule has 0 fully saturated rings. The molecule has 2 N–H and O–H groups in total. The zero-order valence-corrected chi connectivity index (χ0v) is 6.22. The minimum Gasteiger partial charge on any atom is -0.405 e. The molecule has 1 nitrogen and oxygen atoms in total. The van der Waals surface area contributed by atoms with Crippen LogP contribution in [0.5, 0.6) is 0 Å². The van der Waals surface area contributed by atoms with Gasteiger partial charge < -0.3 is 5.73 Å². The molecule has 0 aliphatic heterocycles. The maximum absolute atomic E-state index is 5.15. The first-order valence-corrected chi connectivity index (χ1v) is 3.35. The van der Waals surface area contributed by atoms with Crippen molar-refractivity contribution in [3.63, 3.8) is 0 Å². The van der Waals surface area contributed by atoms with Crippen LogP contribution in [0.25, 0.3) is 0 Å². The molecule has 0 aliphatic carbocycles. The van der Waals surface area contributed by atoms with Crippen LogP contribution in [0.2, 0.25) is 0 Å². The fraction of sp³-hybridized carbons (Fsp3) is 0.500. The van der Waals surface area contributed by atoms with Gasteiger partial charge in [-0.25, -0.2) is 0 Å². The maximum Gasteiger partial charge on any atom is -0.00624 e. The molecule has 0 saturated heterocycles. The standard InChI is InChI=1S/C8H15N/c1-3-5-8(2)6-4-7-9/h4,6-7H,3,5,9H2,1-2H3/b7-4-,8-6+. The van der Waals surface area contributed by atoms with Crippen molar-refractivity contribution in [2.45, 2.75) is 26.7 Å². The highest BCUT2D eigenvalue weighted by Crippen LogP contribution is 2.01. The summed E-state index contributed by atoms with van der Waals surface area (Å²) in [6.07, 6.45) is 7.85. The van der Waals surface area contributed by atoms with Crippen LogP contribution in [0.3, 0.4) is 0 Å². The Morgan fingerprint density at radius 3 is 2.67 bits per heavy atom. The SMILES string of the molecule is CCC/C(C)=C/C=C\N. The summed E-state index contributed by atoms with van der Waals surface area (Å²) >= 11 is 0. The summed E-state index contributed by atoms with van der Waals surface area (Å²) in [6, 6.07) is 0. The van der Waals surface area contributed by atoms with Crippen LogP contribution in [-0.4, -0.2) is 0 Å². The minimum atomic E-state index is 1.17. The van der Waals surface area contributed by atoms with Gasteiger partial charge in [0.1, 0.15) is 0 Å². The van der Waals surface area contributed by atoms with Crippen LogP contribution in [-0.2, 0) is 0 Å². The summed E-state index contributed by atoms with van der Waals surface area (Å²) < 4.78 is 0. The predicted octanol–water partition coefficient (Wildman–Crippen LogP) is 2.21. The van der Waals surface area contributed by atoms with Crippen molar-refractivity contribution in [3.8, 4) is 0 Å². The first-order chi connectivity index (χ1) is 4.31. The summed E-state index contributed by atoms with van der Waals surface area (Å²) in [5.74, 6) is 0. The van der Waals surface area contributed by atoms with Gasteiger partial charge in [0.25, 0.3) is 0 Å². The second kappa shape index (κ2) is 5.42. The van der Waals surface area contributed by atoms with Gasteiger partial charge >= 0.3 is 0 Å². The van der Waals surface area contributed by atoms with Gasteiger partial charge in [0.05, 0.1) is 0 Å². The van der Waals surface area contributed by atoms with Crippen LogP contribution in [0.4, 0.5) is 0 Å². The maximum atomic E-state index is 5.15. The topological polar surface area (TPSA) is 26.0 Å². The summed E-state index contributed by atoms with van der Waals surface area (Å²) in [5.41, 5.74) is 6.54. The highest BCUT2D eigenvalue weighted by molar-refractivity contribution is 5.09. The van der Waals surface area contributed by atoms with E-state index in [1.165, 1.54) is 18.4 Å². The lowest BCUT2D eigenvalue weighted by atomic mass is 10.2. The van der Waals surface area contributed by atoms with Crippen molar-refractivity contribution < 1.29 is 0 Å². The fourth-order valence-electron chi connectivity index (χ4n) is 0.697. The normalized spacial score (nSPS) is 12.9. The molecule has 0 saturated carbocycles. The number of rotatable bonds is 3. The first kappa shape index (κ1) is 8.28. The fourth-order valence-corrected chi connectivity index (χ4v) is 0.697. The van der Waals surface area contributed by atoms with E-state index in [-0.39, 0.29) is 0 Å². The molecule has 52 valence electrons. The van der Waals surface area contributed by atoms with Crippen molar-refractivity contribution >= 4 is 0 Å². The third-order valence-corrected chi connectivity index (χ3v) is 1.14. The molecule has 0 spiro atoms. The molecule has 0 bridgehead atoms. The molecule has 9 heavy (non-hydrogen) atoms. The molecule has 0 unspecified atom stereocenters. The van der Waals surface area contributed by atoms with Gasteiger partial charge in [0, 0.05) is 0 Å². The molecule has 0 aromatic carbocycles. The summed E-state index contributed by atoms with van der Waals surface area (Å²) in [6.45, 7) is 4.28. The molecule has 0 amide bonds. The summed E-state index contributed by atoms with van der Waals surface area (Å²) in [4.78, 5) is 0. The highest BCUT2D eigenvalue weighted by atomic mass is 14.5. The Bertz CT molecular complexity index is 112. The Hall–Kier alpha value is -0.720.